The van der Waals surface area contributed by atoms with Crippen molar-refractivity contribution in [2.45, 2.75) is 34.2 Å². The molecule has 0 unspecified atom stereocenters. The summed E-state index contributed by atoms with van der Waals surface area (Å²) >= 11 is 0. The number of aromatic nitrogens is 1. The van der Waals surface area contributed by atoms with Crippen molar-refractivity contribution in [3.8, 4) is 0 Å². The Kier molecular flexibility index (Phi) is 5.74. The Labute approximate surface area is 155 Å². The van der Waals surface area contributed by atoms with Crippen LogP contribution in [0.5, 0.6) is 0 Å². The minimum absolute atomic E-state index is 0.0570. The van der Waals surface area contributed by atoms with Crippen LogP contribution in [0.1, 0.15) is 28.1 Å². The SMILES string of the molecule is Cc1cccc(C)c1NC(=O)CN1CCN(Cc2c(C)noc2C)CC1. The van der Waals surface area contributed by atoms with Gasteiger partial charge in [0.15, 0.2) is 0 Å². The molecule has 0 aliphatic carbocycles. The number of piperazine rings is 1. The van der Waals surface area contributed by atoms with E-state index < -0.39 is 0 Å². The van der Waals surface area contributed by atoms with Crippen molar-refractivity contribution in [3.63, 3.8) is 0 Å². The first-order valence-electron chi connectivity index (χ1n) is 9.16. The van der Waals surface area contributed by atoms with E-state index in [1.54, 1.807) is 0 Å². The Morgan fingerprint density at radius 2 is 1.69 bits per heavy atom. The maximum absolute atomic E-state index is 12.4. The van der Waals surface area contributed by atoms with Crippen LogP contribution in [0.25, 0.3) is 0 Å². The van der Waals surface area contributed by atoms with E-state index in [9.17, 15) is 4.79 Å². The standard InChI is InChI=1S/C20H28N4O2/c1-14-6-5-7-15(2)20(14)21-19(25)13-24-10-8-23(9-11-24)12-18-16(3)22-26-17(18)4/h5-7H,8-13H2,1-4H3,(H,21,25). The number of benzene rings is 1. The number of para-hydroxylation sites is 1. The summed E-state index contributed by atoms with van der Waals surface area (Å²) in [7, 11) is 0. The normalized spacial score (nSPS) is 16.0. The average Bonchev–Trinajstić information content (AvgIpc) is 2.92. The highest BCUT2D eigenvalue weighted by molar-refractivity contribution is 5.93. The molecule has 0 saturated carbocycles. The molecule has 2 aromatic rings. The van der Waals surface area contributed by atoms with E-state index in [4.69, 9.17) is 4.52 Å². The second kappa shape index (κ2) is 8.01. The van der Waals surface area contributed by atoms with E-state index >= 15 is 0 Å². The topological polar surface area (TPSA) is 61.6 Å². The highest BCUT2D eigenvalue weighted by Gasteiger charge is 2.21. The Balaban J connectivity index is 1.49. The Morgan fingerprint density at radius 3 is 2.27 bits per heavy atom. The molecule has 6 heteroatoms. The summed E-state index contributed by atoms with van der Waals surface area (Å²) < 4.78 is 5.25. The number of hydrogen-bond donors (Lipinski definition) is 1. The molecule has 26 heavy (non-hydrogen) atoms. The van der Waals surface area contributed by atoms with Gasteiger partial charge in [0.2, 0.25) is 5.91 Å². The zero-order valence-electron chi connectivity index (χ0n) is 16.1. The van der Waals surface area contributed by atoms with Crippen LogP contribution in [0.15, 0.2) is 22.7 Å². The molecule has 2 heterocycles. The summed E-state index contributed by atoms with van der Waals surface area (Å²) in [5.74, 6) is 0.958. The Hall–Kier alpha value is -2.18. The first kappa shape index (κ1) is 18.6. The van der Waals surface area contributed by atoms with Crippen LogP contribution in [0, 0.1) is 27.7 Å². The van der Waals surface area contributed by atoms with Crippen molar-refractivity contribution in [3.05, 3.63) is 46.3 Å². The van der Waals surface area contributed by atoms with Crippen molar-refractivity contribution in [2.24, 2.45) is 0 Å². The molecule has 0 radical (unpaired) electrons. The second-order valence-corrected chi connectivity index (χ2v) is 7.17. The fourth-order valence-electron chi connectivity index (χ4n) is 3.45. The van der Waals surface area contributed by atoms with Crippen LogP contribution in [0.2, 0.25) is 0 Å². The molecule has 1 fully saturated rings. The number of hydrogen-bond acceptors (Lipinski definition) is 5. The number of carbonyl (C=O) groups excluding carboxylic acids is 1. The van der Waals surface area contributed by atoms with Gasteiger partial charge in [0.25, 0.3) is 0 Å². The summed E-state index contributed by atoms with van der Waals surface area (Å²) in [4.78, 5) is 17.0. The molecule has 6 nitrogen and oxygen atoms in total. The zero-order chi connectivity index (χ0) is 18.7. The summed E-state index contributed by atoms with van der Waals surface area (Å²) in [5, 5.41) is 7.10. The van der Waals surface area contributed by atoms with E-state index in [1.807, 2.05) is 45.9 Å². The number of amides is 1. The lowest BCUT2D eigenvalue weighted by molar-refractivity contribution is -0.117. The molecule has 0 atom stereocenters. The predicted octanol–water partition coefficient (Wildman–Crippen LogP) is 2.66. The number of aryl methyl sites for hydroxylation is 4. The quantitative estimate of drug-likeness (QED) is 0.892. The molecule has 1 aliphatic heterocycles. The maximum Gasteiger partial charge on any atom is 0.238 e. The zero-order valence-corrected chi connectivity index (χ0v) is 16.1. The number of rotatable bonds is 5. The van der Waals surface area contributed by atoms with Gasteiger partial charge in [0, 0.05) is 44.0 Å². The summed E-state index contributed by atoms with van der Waals surface area (Å²) in [6.07, 6.45) is 0. The third-order valence-corrected chi connectivity index (χ3v) is 5.14. The molecule has 1 N–H and O–H groups in total. The van der Waals surface area contributed by atoms with Crippen LogP contribution in [-0.2, 0) is 11.3 Å². The van der Waals surface area contributed by atoms with E-state index in [0.29, 0.717) is 6.54 Å². The van der Waals surface area contributed by atoms with Crippen LogP contribution < -0.4 is 5.32 Å². The van der Waals surface area contributed by atoms with Gasteiger partial charge in [-0.25, -0.2) is 0 Å². The minimum atomic E-state index is 0.0570. The fraction of sp³-hybridized carbons (Fsp3) is 0.500. The van der Waals surface area contributed by atoms with E-state index in [2.05, 4.69) is 20.3 Å². The van der Waals surface area contributed by atoms with Crippen LogP contribution >= 0.6 is 0 Å². The summed E-state index contributed by atoms with van der Waals surface area (Å²) in [5.41, 5.74) is 5.30. The molecule has 1 aromatic heterocycles. The highest BCUT2D eigenvalue weighted by Crippen LogP contribution is 2.20. The molecular formula is C20H28N4O2. The van der Waals surface area contributed by atoms with Crippen molar-refractivity contribution >= 4 is 11.6 Å². The lowest BCUT2D eigenvalue weighted by Gasteiger charge is -2.34. The van der Waals surface area contributed by atoms with Crippen LogP contribution in [-0.4, -0.2) is 53.6 Å². The molecule has 0 spiro atoms. The third-order valence-electron chi connectivity index (χ3n) is 5.14. The van der Waals surface area contributed by atoms with Crippen molar-refractivity contribution < 1.29 is 9.32 Å². The van der Waals surface area contributed by atoms with Gasteiger partial charge in [-0.05, 0) is 38.8 Å². The second-order valence-electron chi connectivity index (χ2n) is 7.17. The molecule has 1 aliphatic rings. The molecule has 0 bridgehead atoms. The molecular weight excluding hydrogens is 328 g/mol. The summed E-state index contributed by atoms with van der Waals surface area (Å²) in [6, 6.07) is 6.06. The lowest BCUT2D eigenvalue weighted by atomic mass is 10.1. The number of nitrogens with one attached hydrogen (secondary N) is 1. The van der Waals surface area contributed by atoms with E-state index in [-0.39, 0.29) is 5.91 Å². The molecule has 1 amide bonds. The monoisotopic (exact) mass is 356 g/mol. The third kappa shape index (κ3) is 4.31. The number of nitrogens with zero attached hydrogens (tertiary/aromatic N) is 3. The van der Waals surface area contributed by atoms with Gasteiger partial charge in [-0.3, -0.25) is 14.6 Å². The Morgan fingerprint density at radius 1 is 1.08 bits per heavy atom. The highest BCUT2D eigenvalue weighted by atomic mass is 16.5. The molecule has 140 valence electrons. The van der Waals surface area contributed by atoms with Gasteiger partial charge in [-0.2, -0.15) is 0 Å². The van der Waals surface area contributed by atoms with Gasteiger partial charge in [0.05, 0.1) is 12.2 Å². The van der Waals surface area contributed by atoms with Crippen LogP contribution in [0.4, 0.5) is 5.69 Å². The lowest BCUT2D eigenvalue weighted by Crippen LogP contribution is -2.48. The largest absolute Gasteiger partial charge is 0.361 e. The minimum Gasteiger partial charge on any atom is -0.361 e. The molecule has 3 rings (SSSR count). The van der Waals surface area contributed by atoms with Gasteiger partial charge < -0.3 is 9.84 Å². The summed E-state index contributed by atoms with van der Waals surface area (Å²) in [6.45, 7) is 13.0. The van der Waals surface area contributed by atoms with Gasteiger partial charge >= 0.3 is 0 Å². The van der Waals surface area contributed by atoms with Crippen molar-refractivity contribution in [1.82, 2.24) is 15.0 Å². The van der Waals surface area contributed by atoms with E-state index in [1.165, 1.54) is 5.56 Å². The van der Waals surface area contributed by atoms with Crippen molar-refractivity contribution in [1.29, 1.82) is 0 Å². The smallest absolute Gasteiger partial charge is 0.238 e. The predicted molar refractivity (Wildman–Crippen MR) is 102 cm³/mol. The fourth-order valence-corrected chi connectivity index (χ4v) is 3.45. The van der Waals surface area contributed by atoms with E-state index in [0.717, 1.165) is 61.0 Å². The van der Waals surface area contributed by atoms with Crippen molar-refractivity contribution in [2.75, 3.05) is 38.0 Å². The Bertz CT molecular complexity index is 736. The molecule has 1 aromatic carbocycles. The van der Waals surface area contributed by atoms with Gasteiger partial charge in [0.1, 0.15) is 5.76 Å². The first-order chi connectivity index (χ1) is 12.4. The van der Waals surface area contributed by atoms with Gasteiger partial charge in [-0.1, -0.05) is 23.4 Å². The molecule has 1 saturated heterocycles. The van der Waals surface area contributed by atoms with Crippen LogP contribution in [0.3, 0.4) is 0 Å². The number of carbonyl (C=O) groups is 1. The average molecular weight is 356 g/mol. The van der Waals surface area contributed by atoms with Gasteiger partial charge in [-0.15, -0.1) is 0 Å². The maximum atomic E-state index is 12.4. The number of anilines is 1. The first-order valence-corrected chi connectivity index (χ1v) is 9.16.